The van der Waals surface area contributed by atoms with Gasteiger partial charge in [0, 0.05) is 16.0 Å². The molecule has 0 saturated carbocycles. The van der Waals surface area contributed by atoms with E-state index < -0.39 is 23.4 Å². The smallest absolute Gasteiger partial charge is 0.258 e. The molecule has 4 nitrogen and oxygen atoms in total. The molecule has 2 aromatic heterocycles. The number of halogens is 4. The summed E-state index contributed by atoms with van der Waals surface area (Å²) >= 11 is 7.15. The van der Waals surface area contributed by atoms with E-state index in [2.05, 4.69) is 15.3 Å². The number of rotatable bonds is 3. The number of anilines is 1. The van der Waals surface area contributed by atoms with E-state index in [1.165, 1.54) is 0 Å². The maximum atomic E-state index is 14.0. The van der Waals surface area contributed by atoms with Crippen molar-refractivity contribution in [3.05, 3.63) is 88.7 Å². The van der Waals surface area contributed by atoms with E-state index in [1.807, 2.05) is 6.07 Å². The first-order chi connectivity index (χ1) is 15.4. The maximum Gasteiger partial charge on any atom is 0.258 e. The van der Waals surface area contributed by atoms with Crippen molar-refractivity contribution in [3.8, 4) is 11.3 Å². The zero-order chi connectivity index (χ0) is 22.4. The Morgan fingerprint density at radius 3 is 2.50 bits per heavy atom. The molecule has 0 saturated heterocycles. The number of thiazole rings is 1. The van der Waals surface area contributed by atoms with Crippen LogP contribution >= 0.6 is 22.9 Å². The first-order valence-corrected chi connectivity index (χ1v) is 10.5. The summed E-state index contributed by atoms with van der Waals surface area (Å²) in [5.74, 6) is -4.85. The molecule has 0 aliphatic heterocycles. The highest BCUT2D eigenvalue weighted by Crippen LogP contribution is 2.33. The monoisotopic (exact) mass is 469 g/mol. The number of hydrogen-bond acceptors (Lipinski definition) is 4. The Hall–Kier alpha value is -3.49. The molecular weight excluding hydrogens is 459 g/mol. The predicted molar refractivity (Wildman–Crippen MR) is 120 cm³/mol. The predicted octanol–water partition coefficient (Wildman–Crippen LogP) is 6.83. The molecule has 3 aromatic carbocycles. The van der Waals surface area contributed by atoms with Gasteiger partial charge >= 0.3 is 0 Å². The highest BCUT2D eigenvalue weighted by atomic mass is 35.5. The molecule has 0 atom stereocenters. The van der Waals surface area contributed by atoms with Crippen LogP contribution < -0.4 is 5.32 Å². The molecule has 158 valence electrons. The van der Waals surface area contributed by atoms with Gasteiger partial charge in [-0.05, 0) is 24.3 Å². The van der Waals surface area contributed by atoms with Crippen LogP contribution in [0.25, 0.3) is 32.4 Å². The summed E-state index contributed by atoms with van der Waals surface area (Å²) in [4.78, 5) is 21.7. The average Bonchev–Trinajstić information content (AvgIpc) is 3.19. The fraction of sp³-hybridized carbons (Fsp3) is 0. The molecule has 0 fully saturated rings. The summed E-state index contributed by atoms with van der Waals surface area (Å²) in [6.45, 7) is 0. The number of hydrogen-bond donors (Lipinski definition) is 1. The molecule has 0 unspecified atom stereocenters. The van der Waals surface area contributed by atoms with Gasteiger partial charge in [0.25, 0.3) is 5.91 Å². The summed E-state index contributed by atoms with van der Waals surface area (Å²) in [5, 5.41) is 3.67. The summed E-state index contributed by atoms with van der Waals surface area (Å²) in [5.41, 5.74) is 1.68. The van der Waals surface area contributed by atoms with Crippen molar-refractivity contribution in [2.24, 2.45) is 0 Å². The second-order valence-corrected chi connectivity index (χ2v) is 8.30. The van der Waals surface area contributed by atoms with Crippen LogP contribution in [0.1, 0.15) is 10.4 Å². The fourth-order valence-corrected chi connectivity index (χ4v) is 4.48. The molecule has 5 aromatic rings. The second kappa shape index (κ2) is 7.89. The zero-order valence-electron chi connectivity index (χ0n) is 16.0. The van der Waals surface area contributed by atoms with Gasteiger partial charge in [0.15, 0.2) is 22.6 Å². The van der Waals surface area contributed by atoms with Gasteiger partial charge in [-0.25, -0.2) is 23.1 Å². The van der Waals surface area contributed by atoms with Crippen molar-refractivity contribution >= 4 is 55.1 Å². The van der Waals surface area contributed by atoms with Crippen LogP contribution in [0.3, 0.4) is 0 Å². The van der Waals surface area contributed by atoms with Gasteiger partial charge in [-0.15, -0.1) is 0 Å². The number of benzene rings is 3. The molecule has 0 radical (unpaired) electrons. The summed E-state index contributed by atoms with van der Waals surface area (Å²) < 4.78 is 41.1. The molecule has 32 heavy (non-hydrogen) atoms. The molecule has 2 heterocycles. The lowest BCUT2D eigenvalue weighted by molar-refractivity contribution is 0.102. The average molecular weight is 470 g/mol. The number of amides is 1. The van der Waals surface area contributed by atoms with E-state index in [-0.39, 0.29) is 15.3 Å². The first-order valence-electron chi connectivity index (χ1n) is 9.32. The normalized spacial score (nSPS) is 11.2. The van der Waals surface area contributed by atoms with Crippen molar-refractivity contribution in [2.75, 3.05) is 5.32 Å². The number of fused-ring (bicyclic) bond motifs is 2. The summed E-state index contributed by atoms with van der Waals surface area (Å²) in [6, 6.07) is 16.7. The zero-order valence-corrected chi connectivity index (χ0v) is 17.6. The fourth-order valence-electron chi connectivity index (χ4n) is 3.36. The standard InChI is InChI=1S/C23H11ClF3N3OS/c24-14-7-3-1-6-12(14)17-9-13(11-5-2-4-8-16(11)28-17)22(31)30-23-29-21-18(32-23)10-15(25)19(26)20(21)27/h1-10H,(H,29,30,31). The van der Waals surface area contributed by atoms with E-state index in [0.29, 0.717) is 32.7 Å². The summed E-state index contributed by atoms with van der Waals surface area (Å²) in [6.07, 6.45) is 0. The first kappa shape index (κ1) is 20.4. The Kier molecular flexibility index (Phi) is 5.03. The molecule has 0 aliphatic rings. The van der Waals surface area contributed by atoms with Gasteiger partial charge < -0.3 is 0 Å². The van der Waals surface area contributed by atoms with Crippen LogP contribution in [-0.4, -0.2) is 15.9 Å². The molecular formula is C23H11ClF3N3OS. The lowest BCUT2D eigenvalue weighted by Crippen LogP contribution is -2.13. The van der Waals surface area contributed by atoms with E-state index >= 15 is 0 Å². The van der Waals surface area contributed by atoms with E-state index in [0.717, 1.165) is 17.4 Å². The van der Waals surface area contributed by atoms with Crippen molar-refractivity contribution in [1.29, 1.82) is 0 Å². The van der Waals surface area contributed by atoms with Gasteiger partial charge in [-0.2, -0.15) is 0 Å². The number of carbonyl (C=O) groups is 1. The number of pyridine rings is 1. The van der Waals surface area contributed by atoms with E-state index in [1.54, 1.807) is 48.5 Å². The van der Waals surface area contributed by atoms with E-state index in [9.17, 15) is 18.0 Å². The molecule has 9 heteroatoms. The Labute approximate surface area is 188 Å². The van der Waals surface area contributed by atoms with Crippen LogP contribution in [-0.2, 0) is 0 Å². The maximum absolute atomic E-state index is 14.0. The second-order valence-electron chi connectivity index (χ2n) is 6.86. The molecule has 0 bridgehead atoms. The van der Waals surface area contributed by atoms with Gasteiger partial charge in [-0.1, -0.05) is 59.3 Å². The Morgan fingerprint density at radius 2 is 1.69 bits per heavy atom. The summed E-state index contributed by atoms with van der Waals surface area (Å²) in [7, 11) is 0. The highest BCUT2D eigenvalue weighted by Gasteiger charge is 2.20. The third kappa shape index (κ3) is 3.47. The number of nitrogens with zero attached hydrogens (tertiary/aromatic N) is 2. The minimum atomic E-state index is -1.61. The Morgan fingerprint density at radius 1 is 0.938 bits per heavy atom. The SMILES string of the molecule is O=C(Nc1nc2c(F)c(F)c(F)cc2s1)c1cc(-c2ccccc2Cl)nc2ccccc12. The van der Waals surface area contributed by atoms with Crippen LogP contribution in [0.2, 0.25) is 5.02 Å². The van der Waals surface area contributed by atoms with Gasteiger partial charge in [0.2, 0.25) is 0 Å². The quantitative estimate of drug-likeness (QED) is 0.294. The number of para-hydroxylation sites is 1. The van der Waals surface area contributed by atoms with Gasteiger partial charge in [0.1, 0.15) is 5.52 Å². The van der Waals surface area contributed by atoms with Crippen molar-refractivity contribution in [1.82, 2.24) is 9.97 Å². The lowest BCUT2D eigenvalue weighted by atomic mass is 10.0. The highest BCUT2D eigenvalue weighted by molar-refractivity contribution is 7.22. The molecule has 0 spiro atoms. The molecule has 1 amide bonds. The minimum absolute atomic E-state index is 0.00841. The number of nitrogens with one attached hydrogen (secondary N) is 1. The lowest BCUT2D eigenvalue weighted by Gasteiger charge is -2.10. The Balaban J connectivity index is 1.60. The third-order valence-corrected chi connectivity index (χ3v) is 6.10. The van der Waals surface area contributed by atoms with Crippen LogP contribution in [0.4, 0.5) is 18.3 Å². The number of aromatic nitrogens is 2. The molecule has 5 rings (SSSR count). The van der Waals surface area contributed by atoms with Crippen LogP contribution in [0.15, 0.2) is 60.7 Å². The van der Waals surface area contributed by atoms with Crippen molar-refractivity contribution < 1.29 is 18.0 Å². The van der Waals surface area contributed by atoms with Gasteiger partial charge in [0.05, 0.1) is 21.5 Å². The Bertz CT molecular complexity index is 1540. The van der Waals surface area contributed by atoms with Gasteiger partial charge in [-0.3, -0.25) is 10.1 Å². The van der Waals surface area contributed by atoms with Crippen molar-refractivity contribution in [3.63, 3.8) is 0 Å². The van der Waals surface area contributed by atoms with Crippen molar-refractivity contribution in [2.45, 2.75) is 0 Å². The molecule has 0 aliphatic carbocycles. The largest absolute Gasteiger partial charge is 0.298 e. The minimum Gasteiger partial charge on any atom is -0.298 e. The van der Waals surface area contributed by atoms with Crippen LogP contribution in [0.5, 0.6) is 0 Å². The molecule has 1 N–H and O–H groups in total. The van der Waals surface area contributed by atoms with E-state index in [4.69, 9.17) is 11.6 Å². The van der Waals surface area contributed by atoms with Crippen LogP contribution in [0, 0.1) is 17.5 Å². The third-order valence-electron chi connectivity index (χ3n) is 4.85. The topological polar surface area (TPSA) is 54.9 Å². The number of carbonyl (C=O) groups excluding carboxylic acids is 1.